The van der Waals surface area contributed by atoms with Crippen molar-refractivity contribution < 1.29 is 0 Å². The highest BCUT2D eigenvalue weighted by Gasteiger charge is 2.25. The molecule has 1 heteroatoms. The van der Waals surface area contributed by atoms with Gasteiger partial charge in [-0.2, -0.15) is 0 Å². The molecule has 17 heavy (non-hydrogen) atoms. The molecule has 1 rings (SSSR count). The molecule has 0 aliphatic heterocycles. The number of rotatable bonds is 7. The van der Waals surface area contributed by atoms with Crippen LogP contribution in [0.25, 0.3) is 0 Å². The van der Waals surface area contributed by atoms with Crippen LogP contribution in [0.4, 0.5) is 0 Å². The van der Waals surface area contributed by atoms with Crippen LogP contribution >= 0.6 is 0 Å². The van der Waals surface area contributed by atoms with Gasteiger partial charge in [0.05, 0.1) is 0 Å². The summed E-state index contributed by atoms with van der Waals surface area (Å²) in [6.45, 7) is 9.40. The smallest absolute Gasteiger partial charge is 0.00978 e. The molecule has 0 amide bonds. The molecule has 0 radical (unpaired) electrons. The fourth-order valence-corrected chi connectivity index (χ4v) is 3.22. The van der Waals surface area contributed by atoms with Crippen LogP contribution in [0, 0.1) is 11.8 Å². The number of hydrogen-bond acceptors (Lipinski definition) is 1. The average Bonchev–Trinajstić information content (AvgIpc) is 2.38. The lowest BCUT2D eigenvalue weighted by Gasteiger charge is -2.35. The molecule has 1 nitrogen and oxygen atoms in total. The van der Waals surface area contributed by atoms with Gasteiger partial charge in [0.25, 0.3) is 0 Å². The lowest BCUT2D eigenvalue weighted by atomic mass is 9.82. The van der Waals surface area contributed by atoms with Crippen LogP contribution in [0.1, 0.15) is 79.1 Å². The maximum atomic E-state index is 3.97. The molecular formula is C16H33N. The summed E-state index contributed by atoms with van der Waals surface area (Å²) in [5.41, 5.74) is 0. The molecule has 102 valence electrons. The fourth-order valence-electron chi connectivity index (χ4n) is 3.22. The van der Waals surface area contributed by atoms with Crippen molar-refractivity contribution in [3.63, 3.8) is 0 Å². The molecule has 0 aromatic rings. The molecule has 0 bridgehead atoms. The van der Waals surface area contributed by atoms with E-state index in [-0.39, 0.29) is 0 Å². The van der Waals surface area contributed by atoms with Gasteiger partial charge in [-0.1, -0.05) is 53.4 Å². The molecule has 1 aliphatic rings. The topological polar surface area (TPSA) is 12.0 Å². The molecule has 0 heterocycles. The molecule has 0 saturated heterocycles. The summed E-state index contributed by atoms with van der Waals surface area (Å²) in [5, 5.41) is 3.97. The molecule has 1 saturated carbocycles. The second kappa shape index (κ2) is 8.13. The van der Waals surface area contributed by atoms with E-state index in [1.165, 1.54) is 51.4 Å². The van der Waals surface area contributed by atoms with Crippen LogP contribution in [0.3, 0.4) is 0 Å². The minimum atomic E-state index is 0.752. The zero-order chi connectivity index (χ0) is 12.7. The zero-order valence-electron chi connectivity index (χ0n) is 12.5. The van der Waals surface area contributed by atoms with E-state index >= 15 is 0 Å². The summed E-state index contributed by atoms with van der Waals surface area (Å²) in [5.74, 6) is 1.81. The molecule has 1 N–H and O–H groups in total. The number of nitrogens with one attached hydrogen (secondary N) is 1. The normalized spacial score (nSPS) is 28.9. The highest BCUT2D eigenvalue weighted by atomic mass is 15.0. The van der Waals surface area contributed by atoms with Crippen molar-refractivity contribution in [2.24, 2.45) is 11.8 Å². The Kier molecular flexibility index (Phi) is 7.18. The maximum absolute atomic E-state index is 3.97. The summed E-state index contributed by atoms with van der Waals surface area (Å²) in [6.07, 6.45) is 11.1. The van der Waals surface area contributed by atoms with E-state index in [9.17, 15) is 0 Å². The Labute approximate surface area is 109 Å². The summed E-state index contributed by atoms with van der Waals surface area (Å²) < 4.78 is 0. The first kappa shape index (κ1) is 15.0. The molecule has 0 aromatic heterocycles. The molecule has 4 unspecified atom stereocenters. The Morgan fingerprint density at radius 3 is 2.35 bits per heavy atom. The van der Waals surface area contributed by atoms with Gasteiger partial charge in [0.2, 0.25) is 0 Å². The molecule has 0 aromatic carbocycles. The quantitative estimate of drug-likeness (QED) is 0.675. The third-order valence-corrected chi connectivity index (χ3v) is 4.76. The lowest BCUT2D eigenvalue weighted by Crippen LogP contribution is -2.44. The van der Waals surface area contributed by atoms with Gasteiger partial charge in [0.1, 0.15) is 0 Å². The van der Waals surface area contributed by atoms with Crippen LogP contribution < -0.4 is 5.32 Å². The molecule has 1 fully saturated rings. The minimum Gasteiger partial charge on any atom is -0.311 e. The van der Waals surface area contributed by atoms with Crippen LogP contribution in [0.2, 0.25) is 0 Å². The van der Waals surface area contributed by atoms with Gasteiger partial charge in [0.15, 0.2) is 0 Å². The van der Waals surface area contributed by atoms with Crippen molar-refractivity contribution in [1.29, 1.82) is 0 Å². The van der Waals surface area contributed by atoms with Crippen LogP contribution in [-0.4, -0.2) is 12.1 Å². The zero-order valence-corrected chi connectivity index (χ0v) is 12.5. The van der Waals surface area contributed by atoms with E-state index in [2.05, 4.69) is 33.0 Å². The molecule has 4 atom stereocenters. The lowest BCUT2D eigenvalue weighted by molar-refractivity contribution is 0.222. The second-order valence-electron chi connectivity index (χ2n) is 6.08. The van der Waals surface area contributed by atoms with Gasteiger partial charge in [-0.25, -0.2) is 0 Å². The Morgan fingerprint density at radius 1 is 1.06 bits per heavy atom. The predicted octanol–water partition coefficient (Wildman–Crippen LogP) is 4.76. The van der Waals surface area contributed by atoms with Gasteiger partial charge in [0, 0.05) is 12.1 Å². The summed E-state index contributed by atoms with van der Waals surface area (Å²) in [4.78, 5) is 0. The van der Waals surface area contributed by atoms with Gasteiger partial charge in [-0.3, -0.25) is 0 Å². The Hall–Kier alpha value is -0.0400. The Balaban J connectivity index is 2.42. The van der Waals surface area contributed by atoms with E-state index in [1.807, 2.05) is 0 Å². The second-order valence-corrected chi connectivity index (χ2v) is 6.08. The average molecular weight is 239 g/mol. The van der Waals surface area contributed by atoms with Crippen LogP contribution in [-0.2, 0) is 0 Å². The first-order chi connectivity index (χ1) is 8.21. The monoisotopic (exact) mass is 239 g/mol. The van der Waals surface area contributed by atoms with E-state index < -0.39 is 0 Å². The Bertz CT molecular complexity index is 190. The highest BCUT2D eigenvalue weighted by Crippen LogP contribution is 2.28. The van der Waals surface area contributed by atoms with E-state index in [4.69, 9.17) is 0 Å². The van der Waals surface area contributed by atoms with Gasteiger partial charge < -0.3 is 5.32 Å². The standard InChI is InChI=1S/C16H33N/c1-5-13(4)12-15(7-3)17-16-11-9-8-10-14(16)6-2/h13-17H,5-12H2,1-4H3. The van der Waals surface area contributed by atoms with Crippen molar-refractivity contribution in [1.82, 2.24) is 5.32 Å². The summed E-state index contributed by atoms with van der Waals surface area (Å²) in [6, 6.07) is 1.56. The SMILES string of the molecule is CCC(C)CC(CC)NC1CCCCC1CC. The highest BCUT2D eigenvalue weighted by molar-refractivity contribution is 4.83. The fraction of sp³-hybridized carbons (Fsp3) is 1.00. The van der Waals surface area contributed by atoms with Crippen molar-refractivity contribution in [3.8, 4) is 0 Å². The van der Waals surface area contributed by atoms with Crippen molar-refractivity contribution in [2.75, 3.05) is 0 Å². The predicted molar refractivity (Wildman–Crippen MR) is 77.3 cm³/mol. The number of hydrogen-bond donors (Lipinski definition) is 1. The van der Waals surface area contributed by atoms with Crippen molar-refractivity contribution in [3.05, 3.63) is 0 Å². The van der Waals surface area contributed by atoms with E-state index in [0.717, 1.165) is 23.9 Å². The van der Waals surface area contributed by atoms with Crippen LogP contribution in [0.5, 0.6) is 0 Å². The van der Waals surface area contributed by atoms with Crippen LogP contribution in [0.15, 0.2) is 0 Å². The third kappa shape index (κ3) is 4.99. The minimum absolute atomic E-state index is 0.752. The summed E-state index contributed by atoms with van der Waals surface area (Å²) in [7, 11) is 0. The first-order valence-corrected chi connectivity index (χ1v) is 7.97. The summed E-state index contributed by atoms with van der Waals surface area (Å²) >= 11 is 0. The Morgan fingerprint density at radius 2 is 1.76 bits per heavy atom. The molecule has 1 aliphatic carbocycles. The van der Waals surface area contributed by atoms with Crippen molar-refractivity contribution in [2.45, 2.75) is 91.1 Å². The van der Waals surface area contributed by atoms with E-state index in [0.29, 0.717) is 0 Å². The van der Waals surface area contributed by atoms with Gasteiger partial charge >= 0.3 is 0 Å². The molecule has 0 spiro atoms. The van der Waals surface area contributed by atoms with Gasteiger partial charge in [-0.15, -0.1) is 0 Å². The third-order valence-electron chi connectivity index (χ3n) is 4.76. The van der Waals surface area contributed by atoms with Crippen molar-refractivity contribution >= 4 is 0 Å². The largest absolute Gasteiger partial charge is 0.311 e. The molecular weight excluding hydrogens is 206 g/mol. The van der Waals surface area contributed by atoms with Gasteiger partial charge in [-0.05, 0) is 37.5 Å². The first-order valence-electron chi connectivity index (χ1n) is 7.97. The maximum Gasteiger partial charge on any atom is 0.00978 e. The van der Waals surface area contributed by atoms with E-state index in [1.54, 1.807) is 0 Å².